The zero-order chi connectivity index (χ0) is 14.7. The number of carbonyl (C=O) groups excluding carboxylic acids is 1. The number of benzene rings is 1. The first-order valence-electron chi connectivity index (χ1n) is 6.95. The quantitative estimate of drug-likeness (QED) is 0.652. The maximum atomic E-state index is 11.0. The van der Waals surface area contributed by atoms with Crippen LogP contribution in [0.4, 0.5) is 5.69 Å². The zero-order valence-electron chi connectivity index (χ0n) is 12.2. The summed E-state index contributed by atoms with van der Waals surface area (Å²) in [6, 6.07) is 5.65. The van der Waals surface area contributed by atoms with E-state index in [-0.39, 0.29) is 0 Å². The molecule has 106 valence electrons. The van der Waals surface area contributed by atoms with Crippen LogP contribution >= 0.6 is 0 Å². The van der Waals surface area contributed by atoms with Crippen LogP contribution in [0.3, 0.4) is 0 Å². The largest absolute Gasteiger partial charge is 0.358 e. The summed E-state index contributed by atoms with van der Waals surface area (Å²) in [5.74, 6) is 0. The Bertz CT molecular complexity index is 572. The fourth-order valence-electron chi connectivity index (χ4n) is 2.54. The lowest BCUT2D eigenvalue weighted by Crippen LogP contribution is -2.28. The van der Waals surface area contributed by atoms with Crippen molar-refractivity contribution in [1.29, 1.82) is 0 Å². The van der Waals surface area contributed by atoms with E-state index >= 15 is 0 Å². The second-order valence-corrected chi connectivity index (χ2v) is 5.46. The molecule has 3 N–H and O–H groups in total. The number of aldehydes is 1. The smallest absolute Gasteiger partial charge is 0.140 e. The first kappa shape index (κ1) is 14.5. The second kappa shape index (κ2) is 6.06. The molecule has 1 atom stereocenters. The van der Waals surface area contributed by atoms with E-state index in [0.717, 1.165) is 42.5 Å². The molecule has 1 aliphatic rings. The highest BCUT2D eigenvalue weighted by Gasteiger charge is 2.20. The molecule has 1 aliphatic carbocycles. The highest BCUT2D eigenvalue weighted by atomic mass is 16.1. The van der Waals surface area contributed by atoms with Crippen LogP contribution in [0, 0.1) is 13.8 Å². The van der Waals surface area contributed by atoms with Crippen LogP contribution < -0.4 is 11.1 Å². The van der Waals surface area contributed by atoms with E-state index < -0.39 is 6.04 Å². The number of anilines is 1. The Morgan fingerprint density at radius 1 is 1.35 bits per heavy atom. The van der Waals surface area contributed by atoms with Crippen molar-refractivity contribution in [3.8, 4) is 0 Å². The summed E-state index contributed by atoms with van der Waals surface area (Å²) in [7, 11) is 0. The first-order chi connectivity index (χ1) is 9.52. The third-order valence-corrected chi connectivity index (χ3v) is 4.00. The molecule has 0 spiro atoms. The van der Waals surface area contributed by atoms with Crippen LogP contribution in [-0.4, -0.2) is 12.3 Å². The van der Waals surface area contributed by atoms with Gasteiger partial charge in [0.2, 0.25) is 0 Å². The highest BCUT2D eigenvalue weighted by Crippen LogP contribution is 2.31. The van der Waals surface area contributed by atoms with Gasteiger partial charge in [-0.3, -0.25) is 0 Å². The molecule has 0 amide bonds. The lowest BCUT2D eigenvalue weighted by Gasteiger charge is -2.26. The molecule has 0 aromatic heterocycles. The number of hydrogen-bond donors (Lipinski definition) is 2. The summed E-state index contributed by atoms with van der Waals surface area (Å²) in [5.41, 5.74) is 12.7. The topological polar surface area (TPSA) is 55.1 Å². The summed E-state index contributed by atoms with van der Waals surface area (Å²) < 4.78 is 0. The van der Waals surface area contributed by atoms with Crippen LogP contribution in [0.15, 0.2) is 41.6 Å². The third-order valence-electron chi connectivity index (χ3n) is 4.00. The van der Waals surface area contributed by atoms with Gasteiger partial charge in [0.15, 0.2) is 0 Å². The van der Waals surface area contributed by atoms with E-state index in [1.54, 1.807) is 0 Å². The van der Waals surface area contributed by atoms with Gasteiger partial charge in [-0.25, -0.2) is 0 Å². The Balaban J connectivity index is 2.36. The first-order valence-corrected chi connectivity index (χ1v) is 6.95. The van der Waals surface area contributed by atoms with Gasteiger partial charge in [-0.1, -0.05) is 24.3 Å². The van der Waals surface area contributed by atoms with Gasteiger partial charge in [-0.05, 0) is 49.5 Å². The summed E-state index contributed by atoms with van der Waals surface area (Å²) in [5, 5.41) is 3.47. The maximum absolute atomic E-state index is 11.0. The molecule has 0 saturated carbocycles. The number of aryl methyl sites for hydroxylation is 1. The van der Waals surface area contributed by atoms with Crippen molar-refractivity contribution in [3.63, 3.8) is 0 Å². The van der Waals surface area contributed by atoms with Crippen LogP contribution in [0.5, 0.6) is 0 Å². The number of carbonyl (C=O) groups is 1. The maximum Gasteiger partial charge on any atom is 0.140 e. The number of rotatable bonds is 4. The minimum Gasteiger partial charge on any atom is -0.358 e. The van der Waals surface area contributed by atoms with E-state index in [1.165, 1.54) is 16.7 Å². The molecule has 0 radical (unpaired) electrons. The Morgan fingerprint density at radius 2 is 2.10 bits per heavy atom. The number of hydrogen-bond acceptors (Lipinski definition) is 3. The van der Waals surface area contributed by atoms with E-state index in [9.17, 15) is 4.79 Å². The Kier molecular flexibility index (Phi) is 4.40. The Labute approximate surface area is 120 Å². The average molecular weight is 270 g/mol. The fraction of sp³-hybridized carbons (Fsp3) is 0.353. The summed E-state index contributed by atoms with van der Waals surface area (Å²) in [6.07, 6.45) is 3.30. The molecule has 1 unspecified atom stereocenters. The number of nitrogens with two attached hydrogens (primary N) is 1. The average Bonchev–Trinajstić information content (AvgIpc) is 2.43. The van der Waals surface area contributed by atoms with E-state index in [0.29, 0.717) is 0 Å². The van der Waals surface area contributed by atoms with Gasteiger partial charge in [-0.15, -0.1) is 0 Å². The molecule has 0 fully saturated rings. The second-order valence-electron chi connectivity index (χ2n) is 5.46. The fourth-order valence-corrected chi connectivity index (χ4v) is 2.54. The van der Waals surface area contributed by atoms with E-state index in [1.807, 2.05) is 6.07 Å². The van der Waals surface area contributed by atoms with Gasteiger partial charge in [0, 0.05) is 17.8 Å². The van der Waals surface area contributed by atoms with Crippen LogP contribution in [0.25, 0.3) is 0 Å². The molecule has 0 bridgehead atoms. The predicted octanol–water partition coefficient (Wildman–Crippen LogP) is 3.24. The van der Waals surface area contributed by atoms with Gasteiger partial charge >= 0.3 is 0 Å². The SMILES string of the molecule is C=C1CCC(C(N)C=O)=C(Nc2cccc(C)c2C)C1. The molecule has 20 heavy (non-hydrogen) atoms. The lowest BCUT2D eigenvalue weighted by atomic mass is 9.89. The molecule has 3 nitrogen and oxygen atoms in total. The monoisotopic (exact) mass is 270 g/mol. The lowest BCUT2D eigenvalue weighted by molar-refractivity contribution is -0.108. The third kappa shape index (κ3) is 2.99. The van der Waals surface area contributed by atoms with E-state index in [4.69, 9.17) is 5.73 Å². The summed E-state index contributed by atoms with van der Waals surface area (Å²) in [6.45, 7) is 8.24. The van der Waals surface area contributed by atoms with Crippen molar-refractivity contribution in [2.24, 2.45) is 5.73 Å². The van der Waals surface area contributed by atoms with Gasteiger partial charge < -0.3 is 15.8 Å². The molecule has 1 aromatic rings. The summed E-state index contributed by atoms with van der Waals surface area (Å²) in [4.78, 5) is 11.0. The van der Waals surface area contributed by atoms with Gasteiger partial charge in [0.1, 0.15) is 6.29 Å². The highest BCUT2D eigenvalue weighted by molar-refractivity contribution is 5.66. The number of allylic oxidation sites excluding steroid dienone is 1. The Morgan fingerprint density at radius 3 is 2.80 bits per heavy atom. The predicted molar refractivity (Wildman–Crippen MR) is 83.6 cm³/mol. The van der Waals surface area contributed by atoms with Crippen LogP contribution in [-0.2, 0) is 4.79 Å². The molecule has 0 heterocycles. The van der Waals surface area contributed by atoms with Crippen molar-refractivity contribution in [2.45, 2.75) is 39.2 Å². The molecule has 2 rings (SSSR count). The normalized spacial score (nSPS) is 17.1. The molecular weight excluding hydrogens is 248 g/mol. The minimum atomic E-state index is -0.518. The van der Waals surface area contributed by atoms with E-state index in [2.05, 4.69) is 37.9 Å². The molecule has 0 saturated heterocycles. The van der Waals surface area contributed by atoms with Crippen molar-refractivity contribution >= 4 is 12.0 Å². The van der Waals surface area contributed by atoms with Gasteiger partial charge in [-0.2, -0.15) is 0 Å². The molecule has 1 aromatic carbocycles. The van der Waals surface area contributed by atoms with Crippen molar-refractivity contribution in [2.75, 3.05) is 5.32 Å². The van der Waals surface area contributed by atoms with Crippen molar-refractivity contribution < 1.29 is 4.79 Å². The van der Waals surface area contributed by atoms with Gasteiger partial charge in [0.25, 0.3) is 0 Å². The van der Waals surface area contributed by atoms with Gasteiger partial charge in [0.05, 0.1) is 6.04 Å². The Hall–Kier alpha value is -1.87. The summed E-state index contributed by atoms with van der Waals surface area (Å²) >= 11 is 0. The molecule has 3 heteroatoms. The van der Waals surface area contributed by atoms with Crippen molar-refractivity contribution in [1.82, 2.24) is 0 Å². The zero-order valence-corrected chi connectivity index (χ0v) is 12.2. The standard InChI is InChI=1S/C17H22N2O/c1-11-7-8-14(15(18)10-20)17(9-11)19-16-6-4-5-12(2)13(16)3/h4-6,10,15,19H,1,7-9,18H2,2-3H3. The molecule has 0 aliphatic heterocycles. The van der Waals surface area contributed by atoms with Crippen LogP contribution in [0.1, 0.15) is 30.4 Å². The molecular formula is C17H22N2O. The number of nitrogens with one attached hydrogen (secondary N) is 1. The minimum absolute atomic E-state index is 0.518. The van der Waals surface area contributed by atoms with Crippen molar-refractivity contribution in [3.05, 3.63) is 52.7 Å². The van der Waals surface area contributed by atoms with Crippen LogP contribution in [0.2, 0.25) is 0 Å².